The maximum absolute atomic E-state index is 9.88. The SMILES string of the molecule is C=CS/C(=C\C)C1=C(C#N)C(c2ccccc2Cl)c2cn[nH]c2N1. The molecule has 0 radical (unpaired) electrons. The quantitative estimate of drug-likeness (QED) is 0.794. The lowest BCUT2D eigenvalue weighted by Crippen LogP contribution is -2.18. The Kier molecular flexibility index (Phi) is 4.79. The first-order chi connectivity index (χ1) is 11.7. The fraction of sp³-hybridized carbons (Fsp3) is 0.111. The Labute approximate surface area is 149 Å². The van der Waals surface area contributed by atoms with Crippen molar-refractivity contribution in [2.45, 2.75) is 12.8 Å². The van der Waals surface area contributed by atoms with Crippen molar-refractivity contribution in [1.29, 1.82) is 5.26 Å². The first-order valence-corrected chi connectivity index (χ1v) is 8.60. The molecule has 3 rings (SSSR count). The first-order valence-electron chi connectivity index (χ1n) is 7.34. The molecule has 1 unspecified atom stereocenters. The zero-order chi connectivity index (χ0) is 17.1. The van der Waals surface area contributed by atoms with Crippen molar-refractivity contribution >= 4 is 29.2 Å². The molecule has 4 nitrogen and oxygen atoms in total. The lowest BCUT2D eigenvalue weighted by atomic mass is 9.83. The molecule has 0 saturated carbocycles. The normalized spacial score (nSPS) is 17.0. The summed E-state index contributed by atoms with van der Waals surface area (Å²) >= 11 is 7.88. The van der Waals surface area contributed by atoms with Gasteiger partial charge in [0.15, 0.2) is 0 Å². The summed E-state index contributed by atoms with van der Waals surface area (Å²) in [5.74, 6) is 0.506. The van der Waals surface area contributed by atoms with E-state index in [2.05, 4.69) is 28.2 Å². The van der Waals surface area contributed by atoms with Crippen LogP contribution in [0.15, 0.2) is 64.7 Å². The summed E-state index contributed by atoms with van der Waals surface area (Å²) in [7, 11) is 0. The van der Waals surface area contributed by atoms with Crippen molar-refractivity contribution in [3.05, 3.63) is 80.9 Å². The van der Waals surface area contributed by atoms with Gasteiger partial charge in [-0.25, -0.2) is 0 Å². The number of nitriles is 1. The fourth-order valence-corrected chi connectivity index (χ4v) is 3.65. The van der Waals surface area contributed by atoms with Gasteiger partial charge in [0.2, 0.25) is 0 Å². The van der Waals surface area contributed by atoms with Gasteiger partial charge in [-0.3, -0.25) is 5.10 Å². The molecule has 0 fully saturated rings. The molecular formula is C18H15ClN4S. The van der Waals surface area contributed by atoms with E-state index in [1.54, 1.807) is 11.6 Å². The third kappa shape index (κ3) is 2.75. The minimum Gasteiger partial charge on any atom is -0.339 e. The number of aromatic nitrogens is 2. The van der Waals surface area contributed by atoms with Crippen LogP contribution in [-0.4, -0.2) is 10.2 Å². The van der Waals surface area contributed by atoms with Crippen molar-refractivity contribution in [2.24, 2.45) is 0 Å². The lowest BCUT2D eigenvalue weighted by molar-refractivity contribution is 0.948. The van der Waals surface area contributed by atoms with Gasteiger partial charge in [0.25, 0.3) is 0 Å². The molecule has 2 heterocycles. The van der Waals surface area contributed by atoms with Crippen LogP contribution < -0.4 is 5.32 Å². The molecule has 1 aromatic heterocycles. The molecule has 1 atom stereocenters. The Morgan fingerprint density at radius 2 is 2.21 bits per heavy atom. The van der Waals surface area contributed by atoms with Gasteiger partial charge in [-0.1, -0.05) is 54.2 Å². The first kappa shape index (κ1) is 16.4. The highest BCUT2D eigenvalue weighted by atomic mass is 35.5. The maximum atomic E-state index is 9.88. The molecule has 120 valence electrons. The number of rotatable bonds is 4. The van der Waals surface area contributed by atoms with Crippen LogP contribution in [0.5, 0.6) is 0 Å². The minimum atomic E-state index is -0.269. The van der Waals surface area contributed by atoms with Gasteiger partial charge in [0.05, 0.1) is 29.5 Å². The topological polar surface area (TPSA) is 64.5 Å². The Balaban J connectivity index is 2.25. The number of thioether (sulfide) groups is 1. The molecule has 0 saturated heterocycles. The van der Waals surface area contributed by atoms with Crippen LogP contribution in [0.4, 0.5) is 5.82 Å². The number of nitrogens with zero attached hydrogens (tertiary/aromatic N) is 2. The van der Waals surface area contributed by atoms with Crippen molar-refractivity contribution in [2.75, 3.05) is 5.32 Å². The number of hydrogen-bond acceptors (Lipinski definition) is 4. The van der Waals surface area contributed by atoms with Gasteiger partial charge in [-0.15, -0.1) is 0 Å². The zero-order valence-electron chi connectivity index (χ0n) is 13.0. The number of anilines is 1. The smallest absolute Gasteiger partial charge is 0.130 e. The van der Waals surface area contributed by atoms with E-state index in [1.165, 1.54) is 11.8 Å². The molecule has 6 heteroatoms. The summed E-state index contributed by atoms with van der Waals surface area (Å²) < 4.78 is 0. The molecule has 2 N–H and O–H groups in total. The van der Waals surface area contributed by atoms with Crippen molar-refractivity contribution < 1.29 is 0 Å². The minimum absolute atomic E-state index is 0.269. The molecule has 1 aliphatic rings. The molecule has 0 bridgehead atoms. The Bertz CT molecular complexity index is 888. The second kappa shape index (κ2) is 7.00. The van der Waals surface area contributed by atoms with E-state index in [-0.39, 0.29) is 5.92 Å². The summed E-state index contributed by atoms with van der Waals surface area (Å²) in [6.45, 7) is 5.70. The third-order valence-corrected chi connectivity index (χ3v) is 5.05. The standard InChI is InChI=1S/C18H15ClN4S/c1-3-15(24-4-2)17-12(9-20)16(11-7-5-6-8-14(11)19)13-10-21-23-18(13)22-17/h3-8,10,16H,2H2,1H3,(H2,21,22,23)/b15-3-. The summed E-state index contributed by atoms with van der Waals surface area (Å²) in [5.41, 5.74) is 3.16. The fourth-order valence-electron chi connectivity index (χ4n) is 2.81. The molecule has 0 amide bonds. The van der Waals surface area contributed by atoms with Gasteiger partial charge in [-0.05, 0) is 24.0 Å². The van der Waals surface area contributed by atoms with Crippen LogP contribution in [0.3, 0.4) is 0 Å². The summed E-state index contributed by atoms with van der Waals surface area (Å²) in [5, 5.41) is 22.6. The second-order valence-corrected chi connectivity index (χ2v) is 6.53. The van der Waals surface area contributed by atoms with Gasteiger partial charge in [0.1, 0.15) is 5.82 Å². The predicted molar refractivity (Wildman–Crippen MR) is 99.7 cm³/mol. The Hall–Kier alpha value is -2.42. The van der Waals surface area contributed by atoms with Crippen molar-refractivity contribution in [3.8, 4) is 6.07 Å². The number of fused-ring (bicyclic) bond motifs is 1. The number of halogens is 1. The zero-order valence-corrected chi connectivity index (χ0v) is 14.6. The molecule has 1 aromatic carbocycles. The highest BCUT2D eigenvalue weighted by Crippen LogP contribution is 2.45. The third-order valence-electron chi connectivity index (χ3n) is 3.84. The van der Waals surface area contributed by atoms with Crippen molar-refractivity contribution in [3.63, 3.8) is 0 Å². The average molecular weight is 355 g/mol. The summed E-state index contributed by atoms with van der Waals surface area (Å²) in [6.07, 6.45) is 3.69. The monoisotopic (exact) mass is 354 g/mol. The number of allylic oxidation sites excluding steroid dienone is 2. The van der Waals surface area contributed by atoms with Crippen LogP contribution >= 0.6 is 23.4 Å². The number of nitrogens with one attached hydrogen (secondary N) is 2. The van der Waals surface area contributed by atoms with Crippen LogP contribution in [0, 0.1) is 11.3 Å². The number of H-pyrrole nitrogens is 1. The molecular weight excluding hydrogens is 340 g/mol. The Morgan fingerprint density at radius 1 is 1.42 bits per heavy atom. The maximum Gasteiger partial charge on any atom is 0.130 e. The largest absolute Gasteiger partial charge is 0.339 e. The van der Waals surface area contributed by atoms with Gasteiger partial charge in [0, 0.05) is 15.5 Å². The average Bonchev–Trinajstić information content (AvgIpc) is 3.07. The van der Waals surface area contributed by atoms with Crippen LogP contribution in [0.25, 0.3) is 0 Å². The lowest BCUT2D eigenvalue weighted by Gasteiger charge is -2.27. The summed E-state index contributed by atoms with van der Waals surface area (Å²) in [4.78, 5) is 0.929. The van der Waals surface area contributed by atoms with E-state index in [0.29, 0.717) is 10.6 Å². The van der Waals surface area contributed by atoms with E-state index in [4.69, 9.17) is 11.6 Å². The number of benzene rings is 1. The van der Waals surface area contributed by atoms with Gasteiger partial charge < -0.3 is 5.32 Å². The molecule has 2 aromatic rings. The van der Waals surface area contributed by atoms with E-state index < -0.39 is 0 Å². The van der Waals surface area contributed by atoms with Crippen LogP contribution in [0.2, 0.25) is 5.02 Å². The Morgan fingerprint density at radius 3 is 2.88 bits per heavy atom. The number of hydrogen-bond donors (Lipinski definition) is 2. The van der Waals surface area contributed by atoms with E-state index in [9.17, 15) is 5.26 Å². The van der Waals surface area contributed by atoms with E-state index in [0.717, 1.165) is 27.5 Å². The highest BCUT2D eigenvalue weighted by molar-refractivity contribution is 8.06. The number of aromatic amines is 1. The molecule has 0 aliphatic carbocycles. The van der Waals surface area contributed by atoms with Crippen LogP contribution in [-0.2, 0) is 0 Å². The van der Waals surface area contributed by atoms with E-state index >= 15 is 0 Å². The van der Waals surface area contributed by atoms with E-state index in [1.807, 2.05) is 37.3 Å². The second-order valence-electron chi connectivity index (χ2n) is 5.12. The molecule has 1 aliphatic heterocycles. The van der Waals surface area contributed by atoms with Crippen LogP contribution in [0.1, 0.15) is 24.0 Å². The van der Waals surface area contributed by atoms with Gasteiger partial charge in [-0.2, -0.15) is 10.4 Å². The predicted octanol–water partition coefficient (Wildman–Crippen LogP) is 5.18. The summed E-state index contributed by atoms with van der Waals surface area (Å²) in [6, 6.07) is 9.95. The highest BCUT2D eigenvalue weighted by Gasteiger charge is 2.33. The molecule has 24 heavy (non-hydrogen) atoms. The molecule has 0 spiro atoms. The van der Waals surface area contributed by atoms with Gasteiger partial charge >= 0.3 is 0 Å². The van der Waals surface area contributed by atoms with Crippen molar-refractivity contribution in [1.82, 2.24) is 10.2 Å².